The summed E-state index contributed by atoms with van der Waals surface area (Å²) in [6.07, 6.45) is 0. The maximum Gasteiger partial charge on any atom is 0.0725 e. The van der Waals surface area contributed by atoms with Crippen molar-refractivity contribution in [1.82, 2.24) is 4.57 Å². The summed E-state index contributed by atoms with van der Waals surface area (Å²) in [4.78, 5) is 5.03. The fourth-order valence-corrected chi connectivity index (χ4v) is 13.4. The predicted octanol–water partition coefficient (Wildman–Crippen LogP) is 20.7. The first-order valence-electron chi connectivity index (χ1n) is 27.9. The van der Waals surface area contributed by atoms with E-state index in [0.29, 0.717) is 0 Å². The molecule has 0 N–H and O–H groups in total. The maximum atomic E-state index is 2.53. The van der Waals surface area contributed by atoms with E-state index in [-0.39, 0.29) is 5.41 Å². The molecule has 2 aliphatic rings. The molecular weight excluding hydrogens is 967 g/mol. The van der Waals surface area contributed by atoms with Gasteiger partial charge in [-0.2, -0.15) is 0 Å². The van der Waals surface area contributed by atoms with Gasteiger partial charge in [-0.15, -0.1) is 0 Å². The van der Waals surface area contributed by atoms with Crippen LogP contribution in [0.3, 0.4) is 0 Å². The molecule has 3 heteroatoms. The lowest BCUT2D eigenvalue weighted by atomic mass is 9.70. The van der Waals surface area contributed by atoms with Gasteiger partial charge in [-0.05, 0) is 139 Å². The molecular formula is C77H57N3. The summed E-state index contributed by atoms with van der Waals surface area (Å²) in [7, 11) is 0. The summed E-state index contributed by atoms with van der Waals surface area (Å²) in [5.74, 6) is 0. The van der Waals surface area contributed by atoms with Crippen molar-refractivity contribution in [1.29, 1.82) is 0 Å². The molecule has 12 aromatic carbocycles. The number of hydrogen-bond acceptors (Lipinski definition) is 2. The van der Waals surface area contributed by atoms with Gasteiger partial charge in [0.25, 0.3) is 0 Å². The molecule has 0 unspecified atom stereocenters. The van der Waals surface area contributed by atoms with E-state index >= 15 is 0 Å². The summed E-state index contributed by atoms with van der Waals surface area (Å²) in [5.41, 5.74) is 25.5. The summed E-state index contributed by atoms with van der Waals surface area (Å²) in [5, 5.41) is 2.47. The van der Waals surface area contributed by atoms with Crippen LogP contribution in [0.2, 0.25) is 0 Å². The quantitative estimate of drug-likeness (QED) is 0.143. The predicted molar refractivity (Wildman–Crippen MR) is 336 cm³/mol. The number of fused-ring (bicyclic) bond motifs is 13. The van der Waals surface area contributed by atoms with Crippen LogP contribution >= 0.6 is 0 Å². The first kappa shape index (κ1) is 47.3. The monoisotopic (exact) mass is 1020 g/mol. The highest BCUT2D eigenvalue weighted by molar-refractivity contribution is 6.09. The van der Waals surface area contributed by atoms with Crippen LogP contribution in [0.5, 0.6) is 0 Å². The third kappa shape index (κ3) is 7.35. The second-order valence-corrected chi connectivity index (χ2v) is 22.4. The molecule has 1 aromatic heterocycles. The van der Waals surface area contributed by atoms with Gasteiger partial charge < -0.3 is 14.4 Å². The highest BCUT2D eigenvalue weighted by Gasteiger charge is 2.51. The van der Waals surface area contributed by atoms with Crippen LogP contribution in [0.15, 0.2) is 291 Å². The number of benzene rings is 12. The molecule has 0 amide bonds. The van der Waals surface area contributed by atoms with E-state index in [4.69, 9.17) is 0 Å². The van der Waals surface area contributed by atoms with Gasteiger partial charge in [0.1, 0.15) is 0 Å². The molecule has 0 bridgehead atoms. The minimum absolute atomic E-state index is 0.239. The highest BCUT2D eigenvalue weighted by Crippen LogP contribution is 2.63. The molecule has 0 fully saturated rings. The fourth-order valence-electron chi connectivity index (χ4n) is 13.4. The van der Waals surface area contributed by atoms with Crippen molar-refractivity contribution in [3.8, 4) is 50.2 Å². The first-order valence-corrected chi connectivity index (χ1v) is 27.9. The normalized spacial score (nSPS) is 12.8. The SMILES string of the molecule is CC(C)(C)c1cc(N(c2cccc(-n3c4ccccc4c4ccccc43)c2)c2ccccc2-c2ccccc2)cc(N(c2ccc3c(c2)-c2ccccc2C32c3ccccc3-c3ccccc32)c2ccccc2-c2ccccc2)c1. The number of nitrogens with zero attached hydrogens (tertiary/aromatic N) is 3. The molecule has 380 valence electrons. The molecule has 3 nitrogen and oxygen atoms in total. The van der Waals surface area contributed by atoms with Gasteiger partial charge in [-0.1, -0.05) is 239 Å². The Morgan fingerprint density at radius 2 is 0.713 bits per heavy atom. The van der Waals surface area contributed by atoms with Crippen LogP contribution in [-0.2, 0) is 10.8 Å². The van der Waals surface area contributed by atoms with Gasteiger partial charge in [0.05, 0.1) is 27.8 Å². The molecule has 2 aliphatic carbocycles. The van der Waals surface area contributed by atoms with E-state index in [1.165, 1.54) is 71.9 Å². The molecule has 80 heavy (non-hydrogen) atoms. The van der Waals surface area contributed by atoms with Crippen LogP contribution in [0, 0.1) is 0 Å². The summed E-state index contributed by atoms with van der Waals surface area (Å²) in [6.45, 7) is 7.02. The molecule has 0 saturated carbocycles. The Kier molecular flexibility index (Phi) is 11.0. The number of rotatable bonds is 9. The van der Waals surface area contributed by atoms with E-state index < -0.39 is 5.41 Å². The highest BCUT2D eigenvalue weighted by atomic mass is 15.2. The van der Waals surface area contributed by atoms with Crippen molar-refractivity contribution in [3.63, 3.8) is 0 Å². The molecule has 15 rings (SSSR count). The molecule has 0 saturated heterocycles. The average Bonchev–Trinajstić information content (AvgIpc) is 4.33. The third-order valence-corrected chi connectivity index (χ3v) is 16.9. The van der Waals surface area contributed by atoms with Crippen molar-refractivity contribution in [2.24, 2.45) is 0 Å². The Morgan fingerprint density at radius 1 is 0.300 bits per heavy atom. The van der Waals surface area contributed by atoms with E-state index in [1.54, 1.807) is 0 Å². The van der Waals surface area contributed by atoms with Crippen LogP contribution < -0.4 is 9.80 Å². The zero-order chi connectivity index (χ0) is 53.5. The minimum Gasteiger partial charge on any atom is -0.310 e. The molecule has 0 atom stereocenters. The Morgan fingerprint density at radius 3 is 1.23 bits per heavy atom. The Bertz CT molecular complexity index is 4440. The van der Waals surface area contributed by atoms with Crippen molar-refractivity contribution < 1.29 is 0 Å². The van der Waals surface area contributed by atoms with Crippen molar-refractivity contribution >= 4 is 55.9 Å². The van der Waals surface area contributed by atoms with Gasteiger partial charge in [0, 0.05) is 50.3 Å². The second-order valence-electron chi connectivity index (χ2n) is 22.4. The topological polar surface area (TPSA) is 11.4 Å². The van der Waals surface area contributed by atoms with Crippen LogP contribution in [0.25, 0.3) is 72.0 Å². The Labute approximate surface area is 468 Å². The van der Waals surface area contributed by atoms with Gasteiger partial charge in [0.15, 0.2) is 0 Å². The minimum atomic E-state index is -0.454. The Balaban J connectivity index is 0.997. The number of para-hydroxylation sites is 4. The van der Waals surface area contributed by atoms with Crippen molar-refractivity contribution in [3.05, 3.63) is 319 Å². The van der Waals surface area contributed by atoms with Gasteiger partial charge in [-0.25, -0.2) is 0 Å². The molecule has 1 heterocycles. The second kappa shape index (κ2) is 18.6. The summed E-state index contributed by atoms with van der Waals surface area (Å²) >= 11 is 0. The van der Waals surface area contributed by atoms with E-state index in [1.807, 2.05) is 0 Å². The number of aromatic nitrogens is 1. The average molecular weight is 1020 g/mol. The lowest BCUT2D eigenvalue weighted by molar-refractivity contribution is 0.590. The van der Waals surface area contributed by atoms with Crippen LogP contribution in [0.4, 0.5) is 34.1 Å². The van der Waals surface area contributed by atoms with Crippen molar-refractivity contribution in [2.45, 2.75) is 31.6 Å². The number of anilines is 6. The number of hydrogen-bond donors (Lipinski definition) is 0. The van der Waals surface area contributed by atoms with Gasteiger partial charge in [-0.3, -0.25) is 0 Å². The lowest BCUT2D eigenvalue weighted by Crippen LogP contribution is -2.25. The smallest absolute Gasteiger partial charge is 0.0725 e. The van der Waals surface area contributed by atoms with E-state index in [9.17, 15) is 0 Å². The zero-order valence-electron chi connectivity index (χ0n) is 45.1. The maximum absolute atomic E-state index is 2.53. The zero-order valence-corrected chi connectivity index (χ0v) is 45.1. The molecule has 0 aliphatic heterocycles. The van der Waals surface area contributed by atoms with E-state index in [0.717, 1.165) is 62.1 Å². The fraction of sp³-hybridized carbons (Fsp3) is 0.0649. The lowest BCUT2D eigenvalue weighted by Gasteiger charge is -2.34. The van der Waals surface area contributed by atoms with Gasteiger partial charge in [0.2, 0.25) is 0 Å². The summed E-state index contributed by atoms with van der Waals surface area (Å²) in [6, 6.07) is 108. The third-order valence-electron chi connectivity index (χ3n) is 16.9. The standard InChI is InChI=1S/C77H57N3/c1-76(2,3)54-47-58(78(72-41-20-13-31-60(72)52-25-6-4-7-26-52)55-29-24-30-56(49-55)80-74-43-22-15-36-65(74)66-37-16-23-44-75(66)80)50-59(48-54)79(73-42-21-14-32-61(73)53-27-8-5-9-28-53)57-45-46-71-67(51-57)64-35-12-19-40-70(64)77(71)68-38-17-10-33-62(68)63-34-11-18-39-69(63)77/h4-51H,1-3H3. The largest absolute Gasteiger partial charge is 0.310 e. The molecule has 1 spiro atoms. The van der Waals surface area contributed by atoms with E-state index in [2.05, 4.69) is 326 Å². The molecule has 0 radical (unpaired) electrons. The molecule has 13 aromatic rings. The van der Waals surface area contributed by atoms with Crippen molar-refractivity contribution in [2.75, 3.05) is 9.80 Å². The summed E-state index contributed by atoms with van der Waals surface area (Å²) < 4.78 is 2.42. The van der Waals surface area contributed by atoms with Gasteiger partial charge >= 0.3 is 0 Å². The first-order chi connectivity index (χ1) is 39.3. The Hall–Kier alpha value is -9.96. The van der Waals surface area contributed by atoms with Crippen LogP contribution in [0.1, 0.15) is 48.6 Å². The van der Waals surface area contributed by atoms with Crippen LogP contribution in [-0.4, -0.2) is 4.57 Å².